The monoisotopic (exact) mass is 1100 g/mol. The Morgan fingerprint density at radius 2 is 1.03 bits per heavy atom. The number of hydrogen-bond acceptors (Lipinski definition) is 26. The zero-order chi connectivity index (χ0) is 55.1. The number of rotatable bonds is 15. The molecule has 4 aliphatic carbocycles. The van der Waals surface area contributed by atoms with Crippen LogP contribution in [0.4, 0.5) is 0 Å². The molecule has 26 nitrogen and oxygen atoms in total. The Morgan fingerprint density at radius 3 is 1.62 bits per heavy atom. The summed E-state index contributed by atoms with van der Waals surface area (Å²) in [5.41, 5.74) is -1.59. The first kappa shape index (κ1) is 59.3. The molecule has 0 radical (unpaired) electrons. The minimum atomic E-state index is -1.96. The second-order valence-corrected chi connectivity index (χ2v) is 23.6. The molecule has 9 fully saturated rings. The van der Waals surface area contributed by atoms with E-state index >= 15 is 0 Å². The van der Waals surface area contributed by atoms with Crippen LogP contribution in [0.5, 0.6) is 0 Å². The molecule has 4 saturated carbocycles. The van der Waals surface area contributed by atoms with Gasteiger partial charge in [-0.05, 0) is 91.9 Å². The van der Waals surface area contributed by atoms with Crippen molar-refractivity contribution in [3.8, 4) is 0 Å². The van der Waals surface area contributed by atoms with Gasteiger partial charge in [-0.1, -0.05) is 26.8 Å². The highest BCUT2D eigenvalue weighted by atomic mass is 16.8. The minimum Gasteiger partial charge on any atom is -0.394 e. The van der Waals surface area contributed by atoms with Crippen LogP contribution in [0, 0.1) is 28.1 Å². The van der Waals surface area contributed by atoms with Crippen molar-refractivity contribution in [2.24, 2.45) is 28.1 Å². The Kier molecular flexibility index (Phi) is 17.8. The fraction of sp³-hybridized carbons (Fsp3) is 0.960. The Bertz CT molecular complexity index is 1970. The summed E-state index contributed by atoms with van der Waals surface area (Å²) >= 11 is 0. The number of aliphatic hydroxyl groups excluding tert-OH is 16. The van der Waals surface area contributed by atoms with Crippen LogP contribution < -0.4 is 0 Å². The van der Waals surface area contributed by atoms with E-state index in [1.807, 2.05) is 6.92 Å². The van der Waals surface area contributed by atoms with E-state index in [0.717, 1.165) is 37.7 Å². The molecule has 5 aliphatic heterocycles. The van der Waals surface area contributed by atoms with Crippen LogP contribution in [0.1, 0.15) is 78.6 Å². The van der Waals surface area contributed by atoms with Crippen molar-refractivity contribution in [2.45, 2.75) is 238 Å². The van der Waals surface area contributed by atoms with Crippen LogP contribution in [0.15, 0.2) is 12.2 Å². The Hall–Kier alpha value is -1.30. The van der Waals surface area contributed by atoms with Gasteiger partial charge in [0, 0.05) is 0 Å². The van der Waals surface area contributed by atoms with Crippen LogP contribution >= 0.6 is 0 Å². The van der Waals surface area contributed by atoms with Crippen molar-refractivity contribution in [3.05, 3.63) is 12.2 Å². The van der Waals surface area contributed by atoms with E-state index < -0.39 is 191 Å². The standard InChI is InChI=1S/C50H82O26/c1-19-12-49-10-6-26-47(3,20(2)68-45-40(35(63)31(59)24(15-53)71-45)74-42-36(64)28(56)21(55)17-67-42)8-5-9-48(26,4)27(49)7-11-50(19,18-49)76-46-41(75-44-38(66)34(62)30(58)23(14-52)70-44)39(32(60)25(16-54)72-46)73-43-37(65)33(61)29(57)22(13-51)69-43/h20-46,51-66H,1,5-18H2,2-4H3/t20-,21-,22-,23-,24-,25-,26-,27+,28+,29-,30-,31-,32-,33+,34+,35+,36-,37-,38-,39+,40-,41-,42+,43+,44+,45-,46+,47+,48-,49-,50+/m1/s1. The molecule has 0 aromatic rings. The lowest BCUT2D eigenvalue weighted by atomic mass is 9.40. The SMILES string of the molecule is C=C1C[C@@]23CC[C@H]4[C@@](C)(CCC[C@@]4(C)[C@@H](C)O[C@@H]4O[C@H](CO)[C@@H](O)[C@H](O)[C@H]4O[C@@H]4OC[C@@H](O)[C@H](O)[C@H]4O)[C@@H]2CC[C@]1(O[C@@H]1O[C@H](CO)[C@@H](O)[C@H](O[C@@H]2O[C@H](CO)[C@@H](O)[C@H](O)[C@H]2O)[C@H]1O[C@@H]1O[C@H](CO)[C@@H](O)[C@H](O)[C@H]1O)C3. The zero-order valence-electron chi connectivity index (χ0n) is 42.9. The van der Waals surface area contributed by atoms with E-state index in [-0.39, 0.29) is 29.3 Å². The van der Waals surface area contributed by atoms with Crippen LogP contribution in [0.2, 0.25) is 0 Å². The maximum atomic E-state index is 11.8. The summed E-state index contributed by atoms with van der Waals surface area (Å²) in [6.45, 7) is 7.47. The molecule has 2 bridgehead atoms. The fourth-order valence-corrected chi connectivity index (χ4v) is 15.1. The van der Waals surface area contributed by atoms with Crippen LogP contribution in [0.25, 0.3) is 0 Å². The number of aliphatic hydroxyl groups is 16. The maximum Gasteiger partial charge on any atom is 0.188 e. The van der Waals surface area contributed by atoms with Gasteiger partial charge in [-0.2, -0.15) is 0 Å². The average Bonchev–Trinajstić information content (AvgIpc) is 3.71. The highest BCUT2D eigenvalue weighted by molar-refractivity contribution is 5.30. The number of hydrogen-bond donors (Lipinski definition) is 16. The Labute approximate surface area is 439 Å². The molecule has 0 unspecified atom stereocenters. The Morgan fingerprint density at radius 1 is 0.526 bits per heavy atom. The van der Waals surface area contributed by atoms with Gasteiger partial charge in [0.05, 0.1) is 44.7 Å². The minimum absolute atomic E-state index is 0.0547. The van der Waals surface area contributed by atoms with Crippen molar-refractivity contribution in [3.63, 3.8) is 0 Å². The lowest BCUT2D eigenvalue weighted by Crippen LogP contribution is -2.68. The molecule has 1 spiro atoms. The summed E-state index contributed by atoms with van der Waals surface area (Å²) in [5, 5.41) is 171. The van der Waals surface area contributed by atoms with Gasteiger partial charge >= 0.3 is 0 Å². The molecule has 438 valence electrons. The predicted molar refractivity (Wildman–Crippen MR) is 250 cm³/mol. The molecule has 0 amide bonds. The maximum absolute atomic E-state index is 11.8. The smallest absolute Gasteiger partial charge is 0.188 e. The van der Waals surface area contributed by atoms with E-state index in [1.165, 1.54) is 0 Å². The van der Waals surface area contributed by atoms with Gasteiger partial charge in [-0.15, -0.1) is 0 Å². The van der Waals surface area contributed by atoms with E-state index in [4.69, 9.17) is 47.4 Å². The van der Waals surface area contributed by atoms with E-state index in [0.29, 0.717) is 25.7 Å². The van der Waals surface area contributed by atoms with Crippen molar-refractivity contribution >= 4 is 0 Å². The molecule has 5 heterocycles. The molecule has 76 heavy (non-hydrogen) atoms. The zero-order valence-corrected chi connectivity index (χ0v) is 42.9. The quantitative estimate of drug-likeness (QED) is 0.0537. The predicted octanol–water partition coefficient (Wildman–Crippen LogP) is -5.79. The number of fused-ring (bicyclic) bond motifs is 3. The third-order valence-electron chi connectivity index (χ3n) is 19.4. The van der Waals surface area contributed by atoms with Crippen molar-refractivity contribution in [1.82, 2.24) is 0 Å². The van der Waals surface area contributed by atoms with Crippen molar-refractivity contribution in [1.29, 1.82) is 0 Å². The highest BCUT2D eigenvalue weighted by Gasteiger charge is 2.69. The summed E-state index contributed by atoms with van der Waals surface area (Å²) in [6.07, 6.45) is -34.5. The summed E-state index contributed by atoms with van der Waals surface area (Å²) in [6, 6.07) is 0. The average molecular weight is 1100 g/mol. The van der Waals surface area contributed by atoms with E-state index in [9.17, 15) is 81.7 Å². The first-order valence-corrected chi connectivity index (χ1v) is 26.7. The third-order valence-corrected chi connectivity index (χ3v) is 19.4. The lowest BCUT2D eigenvalue weighted by molar-refractivity contribution is -0.400. The van der Waals surface area contributed by atoms with Crippen molar-refractivity contribution in [2.75, 3.05) is 33.0 Å². The lowest BCUT2D eigenvalue weighted by Gasteiger charge is -2.66. The number of ether oxygens (including phenoxy) is 10. The summed E-state index contributed by atoms with van der Waals surface area (Å²) < 4.78 is 61.4. The van der Waals surface area contributed by atoms with E-state index in [2.05, 4.69) is 20.4 Å². The molecular weight excluding hydrogens is 1020 g/mol. The molecule has 26 heteroatoms. The van der Waals surface area contributed by atoms with Gasteiger partial charge < -0.3 is 129 Å². The van der Waals surface area contributed by atoms with Gasteiger partial charge in [0.25, 0.3) is 0 Å². The van der Waals surface area contributed by atoms with Crippen LogP contribution in [0.3, 0.4) is 0 Å². The topological polar surface area (TPSA) is 416 Å². The van der Waals surface area contributed by atoms with Crippen LogP contribution in [-0.4, -0.2) is 274 Å². The fourth-order valence-electron chi connectivity index (χ4n) is 15.1. The second-order valence-electron chi connectivity index (χ2n) is 23.6. The van der Waals surface area contributed by atoms with E-state index in [1.54, 1.807) is 0 Å². The molecule has 5 saturated heterocycles. The van der Waals surface area contributed by atoms with Gasteiger partial charge in [-0.3, -0.25) is 0 Å². The van der Waals surface area contributed by atoms with Gasteiger partial charge in [0.2, 0.25) is 0 Å². The third kappa shape index (κ3) is 10.2. The van der Waals surface area contributed by atoms with Crippen molar-refractivity contribution < 1.29 is 129 Å². The first-order chi connectivity index (χ1) is 35.9. The molecule has 16 N–H and O–H groups in total. The largest absolute Gasteiger partial charge is 0.394 e. The second kappa shape index (κ2) is 22.8. The summed E-state index contributed by atoms with van der Waals surface area (Å²) in [5.74, 6) is 0.160. The van der Waals surface area contributed by atoms with Gasteiger partial charge in [0.15, 0.2) is 31.5 Å². The molecule has 0 aromatic carbocycles. The highest BCUT2D eigenvalue weighted by Crippen LogP contribution is 2.74. The molecule has 31 atom stereocenters. The summed E-state index contributed by atoms with van der Waals surface area (Å²) in [4.78, 5) is 0. The Balaban J connectivity index is 0.968. The normalized spacial score (nSPS) is 55.2. The first-order valence-electron chi connectivity index (χ1n) is 26.7. The van der Waals surface area contributed by atoms with Crippen LogP contribution in [-0.2, 0) is 47.4 Å². The summed E-state index contributed by atoms with van der Waals surface area (Å²) in [7, 11) is 0. The molecule has 0 aromatic heterocycles. The molecule has 9 aliphatic rings. The molecule has 9 rings (SSSR count). The van der Waals surface area contributed by atoms with Gasteiger partial charge in [0.1, 0.15) is 116 Å². The molecular formula is C50H82O26. The van der Waals surface area contributed by atoms with Gasteiger partial charge in [-0.25, -0.2) is 0 Å².